The molecule has 0 radical (unpaired) electrons. The van der Waals surface area contributed by atoms with Crippen LogP contribution in [-0.2, 0) is 9.59 Å². The summed E-state index contributed by atoms with van der Waals surface area (Å²) < 4.78 is 27.4. The fraction of sp³-hybridized carbons (Fsp3) is 0.529. The molecule has 5 nitrogen and oxygen atoms in total. The summed E-state index contributed by atoms with van der Waals surface area (Å²) in [6.07, 6.45) is 0.208. The van der Waals surface area contributed by atoms with E-state index in [0.29, 0.717) is 5.56 Å². The molecule has 0 saturated carbocycles. The first-order chi connectivity index (χ1) is 11.4. The van der Waals surface area contributed by atoms with Gasteiger partial charge in [-0.05, 0) is 18.1 Å². The summed E-state index contributed by atoms with van der Waals surface area (Å²) in [5.41, 5.74) is 5.37. The van der Waals surface area contributed by atoms with E-state index in [4.69, 9.17) is 5.73 Å². The number of amides is 2. The molecule has 0 bridgehead atoms. The second-order valence-corrected chi connectivity index (χ2v) is 6.18. The van der Waals surface area contributed by atoms with Gasteiger partial charge in [0.15, 0.2) is 0 Å². The smallest absolute Gasteiger partial charge is 0.311 e. The number of hydrogen-bond acceptors (Lipinski definition) is 3. The van der Waals surface area contributed by atoms with Crippen molar-refractivity contribution in [2.75, 3.05) is 26.3 Å². The second-order valence-electron chi connectivity index (χ2n) is 6.18. The number of hydrogen-bond donors (Lipinski definition) is 2. The van der Waals surface area contributed by atoms with Gasteiger partial charge in [-0.3, -0.25) is 9.59 Å². The van der Waals surface area contributed by atoms with E-state index in [0.717, 1.165) is 5.56 Å². The molecule has 1 aromatic carbocycles. The zero-order chi connectivity index (χ0) is 17.7. The molecule has 1 unspecified atom stereocenters. The van der Waals surface area contributed by atoms with Crippen LogP contribution in [0.25, 0.3) is 0 Å². The topological polar surface area (TPSA) is 75.4 Å². The average molecular weight is 339 g/mol. The van der Waals surface area contributed by atoms with E-state index in [9.17, 15) is 18.4 Å². The van der Waals surface area contributed by atoms with Crippen molar-refractivity contribution in [3.05, 3.63) is 35.4 Å². The monoisotopic (exact) mass is 339 g/mol. The van der Waals surface area contributed by atoms with Crippen LogP contribution >= 0.6 is 0 Å². The Balaban J connectivity index is 1.98. The highest BCUT2D eigenvalue weighted by molar-refractivity contribution is 6.35. The van der Waals surface area contributed by atoms with Crippen molar-refractivity contribution in [3.8, 4) is 0 Å². The molecule has 3 N–H and O–H groups in total. The second kappa shape index (κ2) is 7.70. The summed E-state index contributed by atoms with van der Waals surface area (Å²) in [5.74, 6) is -1.64. The van der Waals surface area contributed by atoms with Crippen molar-refractivity contribution in [1.29, 1.82) is 0 Å². The lowest BCUT2D eigenvalue weighted by molar-refractivity contribution is -0.148. The SMILES string of the molecule is Cc1ccccc1C(CF)NC(=O)C(=O)N1CCC(F)(CN)CC1. The number of carbonyl (C=O) groups is 2. The predicted octanol–water partition coefficient (Wildman–Crippen LogP) is 1.41. The minimum atomic E-state index is -1.48. The molecule has 2 rings (SSSR count). The standard InChI is InChI=1S/C17H23F2N3O2/c1-12-4-2-3-5-13(12)14(10-18)21-15(23)16(24)22-8-6-17(19,11-20)7-9-22/h2-5,14H,6-11,20H2,1H3,(H,21,23). The van der Waals surface area contributed by atoms with Crippen LogP contribution in [0.3, 0.4) is 0 Å². The average Bonchev–Trinajstić information content (AvgIpc) is 2.60. The van der Waals surface area contributed by atoms with Crippen LogP contribution in [0.5, 0.6) is 0 Å². The Labute approximate surface area is 140 Å². The van der Waals surface area contributed by atoms with E-state index in [1.165, 1.54) is 4.90 Å². The fourth-order valence-electron chi connectivity index (χ4n) is 2.86. The van der Waals surface area contributed by atoms with Gasteiger partial charge >= 0.3 is 11.8 Å². The van der Waals surface area contributed by atoms with Gasteiger partial charge in [-0.2, -0.15) is 0 Å². The Morgan fingerprint density at radius 2 is 1.96 bits per heavy atom. The molecule has 1 heterocycles. The number of piperidine rings is 1. The number of alkyl halides is 2. The van der Waals surface area contributed by atoms with Gasteiger partial charge in [0.25, 0.3) is 0 Å². The summed E-state index contributed by atoms with van der Waals surface area (Å²) >= 11 is 0. The number of rotatable bonds is 4. The zero-order valence-electron chi connectivity index (χ0n) is 13.7. The van der Waals surface area contributed by atoms with Crippen LogP contribution in [0.1, 0.15) is 30.0 Å². The van der Waals surface area contributed by atoms with Gasteiger partial charge in [0, 0.05) is 32.5 Å². The molecule has 1 aliphatic heterocycles. The third kappa shape index (κ3) is 4.08. The van der Waals surface area contributed by atoms with Crippen molar-refractivity contribution in [2.24, 2.45) is 5.73 Å². The molecule has 7 heteroatoms. The van der Waals surface area contributed by atoms with Crippen LogP contribution in [0.15, 0.2) is 24.3 Å². The predicted molar refractivity (Wildman–Crippen MR) is 86.7 cm³/mol. The Hall–Kier alpha value is -2.02. The number of likely N-dealkylation sites (tertiary alicyclic amines) is 1. The number of nitrogens with one attached hydrogen (secondary N) is 1. The first-order valence-corrected chi connectivity index (χ1v) is 8.00. The van der Waals surface area contributed by atoms with Gasteiger partial charge in [0.1, 0.15) is 12.3 Å². The number of halogens is 2. The summed E-state index contributed by atoms with van der Waals surface area (Å²) in [6.45, 7) is 1.16. The molecule has 1 atom stereocenters. The van der Waals surface area contributed by atoms with Crippen LogP contribution in [0.4, 0.5) is 8.78 Å². The Morgan fingerprint density at radius 3 is 2.50 bits per heavy atom. The summed E-state index contributed by atoms with van der Waals surface area (Å²) in [7, 11) is 0. The zero-order valence-corrected chi connectivity index (χ0v) is 13.7. The van der Waals surface area contributed by atoms with Crippen molar-refractivity contribution in [3.63, 3.8) is 0 Å². The van der Waals surface area contributed by atoms with Crippen LogP contribution < -0.4 is 11.1 Å². The van der Waals surface area contributed by atoms with Crippen LogP contribution in [-0.4, -0.2) is 48.7 Å². The number of nitrogens with two attached hydrogens (primary N) is 1. The summed E-state index contributed by atoms with van der Waals surface area (Å²) in [6, 6.07) is 6.21. The van der Waals surface area contributed by atoms with Gasteiger partial charge in [-0.25, -0.2) is 8.78 Å². The fourth-order valence-corrected chi connectivity index (χ4v) is 2.86. The molecule has 1 aromatic rings. The lowest BCUT2D eigenvalue weighted by atomic mass is 9.93. The van der Waals surface area contributed by atoms with E-state index in [-0.39, 0.29) is 32.5 Å². The van der Waals surface area contributed by atoms with Crippen molar-refractivity contribution >= 4 is 11.8 Å². The number of aryl methyl sites for hydroxylation is 1. The lowest BCUT2D eigenvalue weighted by Gasteiger charge is -2.35. The quantitative estimate of drug-likeness (QED) is 0.815. The van der Waals surface area contributed by atoms with E-state index in [1.807, 2.05) is 19.1 Å². The van der Waals surface area contributed by atoms with Gasteiger partial charge in [0.05, 0.1) is 6.04 Å². The minimum Gasteiger partial charge on any atom is -0.338 e. The van der Waals surface area contributed by atoms with E-state index in [1.54, 1.807) is 12.1 Å². The molecule has 2 amide bonds. The molecule has 0 aliphatic carbocycles. The minimum absolute atomic E-state index is 0.0988. The third-order valence-electron chi connectivity index (χ3n) is 4.53. The Bertz CT molecular complexity index is 601. The third-order valence-corrected chi connectivity index (χ3v) is 4.53. The number of carbonyl (C=O) groups excluding carboxylic acids is 2. The van der Waals surface area contributed by atoms with Gasteiger partial charge < -0.3 is 16.0 Å². The highest BCUT2D eigenvalue weighted by Gasteiger charge is 2.36. The maximum absolute atomic E-state index is 14.1. The highest BCUT2D eigenvalue weighted by atomic mass is 19.1. The summed E-state index contributed by atoms with van der Waals surface area (Å²) in [5, 5.41) is 2.43. The molecule has 132 valence electrons. The van der Waals surface area contributed by atoms with Crippen LogP contribution in [0, 0.1) is 6.92 Å². The highest BCUT2D eigenvalue weighted by Crippen LogP contribution is 2.25. The molecule has 1 fully saturated rings. The van der Waals surface area contributed by atoms with Crippen molar-refractivity contribution in [1.82, 2.24) is 10.2 Å². The van der Waals surface area contributed by atoms with Crippen molar-refractivity contribution in [2.45, 2.75) is 31.5 Å². The number of nitrogens with zero attached hydrogens (tertiary/aromatic N) is 1. The molecular weight excluding hydrogens is 316 g/mol. The molecular formula is C17H23F2N3O2. The molecule has 1 saturated heterocycles. The Morgan fingerprint density at radius 1 is 1.33 bits per heavy atom. The molecule has 24 heavy (non-hydrogen) atoms. The van der Waals surface area contributed by atoms with Gasteiger partial charge in [-0.15, -0.1) is 0 Å². The normalized spacial score (nSPS) is 18.1. The van der Waals surface area contributed by atoms with E-state index in [2.05, 4.69) is 5.32 Å². The Kier molecular flexibility index (Phi) is 5.88. The van der Waals surface area contributed by atoms with E-state index < -0.39 is 30.2 Å². The van der Waals surface area contributed by atoms with Gasteiger partial charge in [-0.1, -0.05) is 24.3 Å². The maximum atomic E-state index is 14.1. The largest absolute Gasteiger partial charge is 0.338 e. The number of benzene rings is 1. The summed E-state index contributed by atoms with van der Waals surface area (Å²) in [4.78, 5) is 25.6. The lowest BCUT2D eigenvalue weighted by Crippen LogP contribution is -2.52. The maximum Gasteiger partial charge on any atom is 0.311 e. The first kappa shape index (κ1) is 18.3. The molecule has 0 spiro atoms. The first-order valence-electron chi connectivity index (χ1n) is 8.00. The van der Waals surface area contributed by atoms with Gasteiger partial charge in [0.2, 0.25) is 0 Å². The van der Waals surface area contributed by atoms with Crippen molar-refractivity contribution < 1.29 is 18.4 Å². The van der Waals surface area contributed by atoms with Crippen LogP contribution in [0.2, 0.25) is 0 Å². The molecule has 0 aromatic heterocycles. The van der Waals surface area contributed by atoms with E-state index >= 15 is 0 Å². The molecule has 1 aliphatic rings.